The third-order valence-electron chi connectivity index (χ3n) is 1.19. The Labute approximate surface area is 72.1 Å². The van der Waals surface area contributed by atoms with Crippen molar-refractivity contribution in [2.24, 2.45) is 5.14 Å². The molecule has 68 valence electrons. The summed E-state index contributed by atoms with van der Waals surface area (Å²) in [6.45, 7) is 1.92. The van der Waals surface area contributed by atoms with Gasteiger partial charge in [0.2, 0.25) is 0 Å². The van der Waals surface area contributed by atoms with Crippen LogP contribution in [0.1, 0.15) is 13.3 Å². The molecular weight excluding hydrogens is 184 g/mol. The zero-order valence-corrected chi connectivity index (χ0v) is 8.33. The van der Waals surface area contributed by atoms with Crippen LogP contribution in [0.2, 0.25) is 0 Å². The topological polar surface area (TPSA) is 72.2 Å². The van der Waals surface area contributed by atoms with Gasteiger partial charge >= 0.3 is 0 Å². The van der Waals surface area contributed by atoms with Crippen LogP contribution in [0, 0.1) is 0 Å². The van der Waals surface area contributed by atoms with Crippen LogP contribution >= 0.6 is 11.8 Å². The van der Waals surface area contributed by atoms with E-state index >= 15 is 0 Å². The lowest BCUT2D eigenvalue weighted by molar-refractivity contribution is 0.560. The van der Waals surface area contributed by atoms with E-state index in [0.717, 1.165) is 12.2 Å². The SMILES string of the molecule is CCC(CSC)NS(N)(=O)=O. The van der Waals surface area contributed by atoms with E-state index in [2.05, 4.69) is 4.72 Å². The van der Waals surface area contributed by atoms with Crippen molar-refractivity contribution in [1.29, 1.82) is 0 Å². The van der Waals surface area contributed by atoms with Crippen molar-refractivity contribution in [2.45, 2.75) is 19.4 Å². The summed E-state index contributed by atoms with van der Waals surface area (Å²) in [5.74, 6) is 0.757. The Morgan fingerprint density at radius 1 is 1.64 bits per heavy atom. The number of nitrogens with one attached hydrogen (secondary N) is 1. The van der Waals surface area contributed by atoms with Crippen LogP contribution in [-0.2, 0) is 10.2 Å². The van der Waals surface area contributed by atoms with Crippen molar-refractivity contribution in [3.05, 3.63) is 0 Å². The fraction of sp³-hybridized carbons (Fsp3) is 1.00. The van der Waals surface area contributed by atoms with Gasteiger partial charge < -0.3 is 0 Å². The molecule has 0 fully saturated rings. The van der Waals surface area contributed by atoms with Crippen molar-refractivity contribution in [3.8, 4) is 0 Å². The van der Waals surface area contributed by atoms with E-state index in [9.17, 15) is 8.42 Å². The van der Waals surface area contributed by atoms with Crippen LogP contribution < -0.4 is 9.86 Å². The summed E-state index contributed by atoms with van der Waals surface area (Å²) in [6.07, 6.45) is 2.69. The van der Waals surface area contributed by atoms with Crippen LogP contribution in [0.25, 0.3) is 0 Å². The van der Waals surface area contributed by atoms with Gasteiger partial charge in [0.15, 0.2) is 0 Å². The molecular formula is C5H14N2O2S2. The first-order chi connectivity index (χ1) is 4.99. The maximum Gasteiger partial charge on any atom is 0.274 e. The summed E-state index contributed by atoms with van der Waals surface area (Å²) in [5.41, 5.74) is 0. The highest BCUT2D eigenvalue weighted by Gasteiger charge is 2.10. The van der Waals surface area contributed by atoms with E-state index in [4.69, 9.17) is 5.14 Å². The van der Waals surface area contributed by atoms with Gasteiger partial charge in [0.25, 0.3) is 10.2 Å². The molecule has 0 amide bonds. The van der Waals surface area contributed by atoms with Gasteiger partial charge in [0.05, 0.1) is 0 Å². The zero-order valence-electron chi connectivity index (χ0n) is 6.70. The van der Waals surface area contributed by atoms with Gasteiger partial charge in [-0.25, -0.2) is 5.14 Å². The van der Waals surface area contributed by atoms with Gasteiger partial charge in [-0.1, -0.05) is 6.92 Å². The molecule has 0 spiro atoms. The smallest absolute Gasteiger partial charge is 0.216 e. The van der Waals surface area contributed by atoms with Crippen LogP contribution in [-0.4, -0.2) is 26.5 Å². The summed E-state index contributed by atoms with van der Waals surface area (Å²) in [4.78, 5) is 0. The molecule has 0 aromatic rings. The molecule has 1 atom stereocenters. The molecule has 3 N–H and O–H groups in total. The fourth-order valence-electron chi connectivity index (χ4n) is 0.669. The Kier molecular flexibility index (Phi) is 5.07. The number of rotatable bonds is 5. The Hall–Kier alpha value is 0.220. The average molecular weight is 198 g/mol. The lowest BCUT2D eigenvalue weighted by atomic mass is 10.3. The Morgan fingerprint density at radius 2 is 2.18 bits per heavy atom. The zero-order chi connectivity index (χ0) is 8.91. The highest BCUT2D eigenvalue weighted by atomic mass is 32.2. The second-order valence-electron chi connectivity index (χ2n) is 2.22. The lowest BCUT2D eigenvalue weighted by Gasteiger charge is -2.12. The van der Waals surface area contributed by atoms with Crippen LogP contribution in [0.3, 0.4) is 0 Å². The molecule has 1 unspecified atom stereocenters. The molecule has 0 radical (unpaired) electrons. The summed E-state index contributed by atoms with van der Waals surface area (Å²) >= 11 is 1.59. The maximum atomic E-state index is 10.5. The summed E-state index contributed by atoms with van der Waals surface area (Å²) in [5, 5.41) is 4.79. The van der Waals surface area contributed by atoms with Gasteiger partial charge in [-0.05, 0) is 12.7 Å². The number of nitrogens with two attached hydrogens (primary N) is 1. The standard InChI is InChI=1S/C5H14N2O2S2/c1-3-5(4-10-2)7-11(6,8)9/h5,7H,3-4H2,1-2H3,(H2,6,8,9). The Balaban J connectivity index is 3.88. The van der Waals surface area contributed by atoms with Gasteiger partial charge in [-0.2, -0.15) is 24.9 Å². The minimum Gasteiger partial charge on any atom is -0.216 e. The maximum absolute atomic E-state index is 10.5. The quantitative estimate of drug-likeness (QED) is 0.649. The van der Waals surface area contributed by atoms with E-state index in [0.29, 0.717) is 0 Å². The average Bonchev–Trinajstić information content (AvgIpc) is 1.84. The molecule has 11 heavy (non-hydrogen) atoms. The highest BCUT2D eigenvalue weighted by Crippen LogP contribution is 2.00. The normalized spacial score (nSPS) is 14.8. The first-order valence-corrected chi connectivity index (χ1v) is 6.22. The van der Waals surface area contributed by atoms with E-state index in [1.807, 2.05) is 13.2 Å². The third kappa shape index (κ3) is 6.61. The highest BCUT2D eigenvalue weighted by molar-refractivity contribution is 7.98. The molecule has 0 aliphatic carbocycles. The van der Waals surface area contributed by atoms with Crippen LogP contribution in [0.4, 0.5) is 0 Å². The molecule has 6 heteroatoms. The first-order valence-electron chi connectivity index (χ1n) is 3.28. The predicted octanol–water partition coefficient (Wildman–Crippen LogP) is -0.0789. The molecule has 0 aromatic carbocycles. The van der Waals surface area contributed by atoms with E-state index in [1.54, 1.807) is 11.8 Å². The lowest BCUT2D eigenvalue weighted by Crippen LogP contribution is -2.40. The fourth-order valence-corrected chi connectivity index (χ4v) is 2.21. The molecule has 0 saturated carbocycles. The predicted molar refractivity (Wildman–Crippen MR) is 48.7 cm³/mol. The van der Waals surface area contributed by atoms with E-state index in [-0.39, 0.29) is 6.04 Å². The largest absolute Gasteiger partial charge is 0.274 e. The summed E-state index contributed by atoms with van der Waals surface area (Å²) in [7, 11) is -3.52. The summed E-state index contributed by atoms with van der Waals surface area (Å²) in [6, 6.07) is -0.0417. The molecule has 0 saturated heterocycles. The number of hydrogen-bond donors (Lipinski definition) is 2. The first kappa shape index (κ1) is 11.2. The third-order valence-corrected chi connectivity index (χ3v) is 2.59. The number of hydrogen-bond acceptors (Lipinski definition) is 3. The van der Waals surface area contributed by atoms with Gasteiger partial charge in [-0.3, -0.25) is 0 Å². The Bertz CT molecular complexity index is 191. The molecule has 0 aliphatic heterocycles. The molecule has 0 rings (SSSR count). The van der Waals surface area contributed by atoms with E-state index in [1.165, 1.54) is 0 Å². The monoisotopic (exact) mass is 198 g/mol. The number of thioether (sulfide) groups is 1. The second-order valence-corrected chi connectivity index (χ2v) is 4.46. The minimum absolute atomic E-state index is 0.0417. The molecule has 4 nitrogen and oxygen atoms in total. The van der Waals surface area contributed by atoms with Crippen molar-refractivity contribution in [3.63, 3.8) is 0 Å². The minimum atomic E-state index is -3.52. The van der Waals surface area contributed by atoms with Crippen molar-refractivity contribution >= 4 is 22.0 Å². The van der Waals surface area contributed by atoms with E-state index < -0.39 is 10.2 Å². The van der Waals surface area contributed by atoms with Crippen LogP contribution in [0.5, 0.6) is 0 Å². The van der Waals surface area contributed by atoms with Crippen LogP contribution in [0.15, 0.2) is 0 Å². The molecule has 0 bridgehead atoms. The van der Waals surface area contributed by atoms with Gasteiger partial charge in [-0.15, -0.1) is 0 Å². The van der Waals surface area contributed by atoms with Gasteiger partial charge in [0, 0.05) is 11.8 Å². The Morgan fingerprint density at radius 3 is 2.45 bits per heavy atom. The van der Waals surface area contributed by atoms with Crippen molar-refractivity contribution in [1.82, 2.24) is 4.72 Å². The second kappa shape index (κ2) is 4.97. The molecule has 0 aromatic heterocycles. The van der Waals surface area contributed by atoms with Gasteiger partial charge in [0.1, 0.15) is 0 Å². The van der Waals surface area contributed by atoms with Crippen molar-refractivity contribution < 1.29 is 8.42 Å². The molecule has 0 aliphatic rings. The molecule has 0 heterocycles. The summed E-state index contributed by atoms with van der Waals surface area (Å²) < 4.78 is 23.4. The van der Waals surface area contributed by atoms with Crippen molar-refractivity contribution in [2.75, 3.05) is 12.0 Å².